The number of fused-ring (bicyclic) bond motifs is 1. The van der Waals surface area contributed by atoms with Gasteiger partial charge in [0, 0.05) is 23.2 Å². The zero-order valence-corrected chi connectivity index (χ0v) is 15.3. The van der Waals surface area contributed by atoms with E-state index in [1.165, 1.54) is 0 Å². The third-order valence-corrected chi connectivity index (χ3v) is 4.63. The molecule has 0 bridgehead atoms. The van der Waals surface area contributed by atoms with E-state index in [4.69, 9.17) is 0 Å². The molecule has 0 amide bonds. The highest BCUT2D eigenvalue weighted by atomic mass is 32.2. The number of hydrogen-bond acceptors (Lipinski definition) is 6. The number of aliphatic hydroxyl groups excluding tert-OH is 1. The first kappa shape index (κ1) is 17.6. The average Bonchev–Trinajstić information content (AvgIpc) is 3.08. The van der Waals surface area contributed by atoms with E-state index in [1.807, 2.05) is 25.4 Å². The number of rotatable bonds is 8. The lowest BCUT2D eigenvalue weighted by atomic mass is 10.1. The third-order valence-electron chi connectivity index (χ3n) is 3.96. The summed E-state index contributed by atoms with van der Waals surface area (Å²) in [7, 11) is 0. The van der Waals surface area contributed by atoms with Crippen molar-refractivity contribution in [1.29, 1.82) is 0 Å². The smallest absolute Gasteiger partial charge is 0.165 e. The van der Waals surface area contributed by atoms with Crippen LogP contribution in [-0.2, 0) is 0 Å². The van der Waals surface area contributed by atoms with Gasteiger partial charge in [-0.1, -0.05) is 37.9 Å². The van der Waals surface area contributed by atoms with Gasteiger partial charge in [0.1, 0.15) is 5.82 Å². The quantitative estimate of drug-likeness (QED) is 0.534. The van der Waals surface area contributed by atoms with Gasteiger partial charge in [-0.15, -0.1) is 0 Å². The van der Waals surface area contributed by atoms with Crippen LogP contribution >= 0.6 is 11.9 Å². The van der Waals surface area contributed by atoms with E-state index in [0.717, 1.165) is 40.5 Å². The molecule has 3 N–H and O–H groups in total. The molecule has 0 fully saturated rings. The normalized spacial score (nSPS) is 12.3. The predicted octanol–water partition coefficient (Wildman–Crippen LogP) is 3.66. The largest absolute Gasteiger partial charge is 0.394 e. The number of aromatic nitrogens is 3. The fraction of sp³-hybridized carbons (Fsp3) is 0.333. The Morgan fingerprint density at radius 1 is 1.20 bits per heavy atom. The van der Waals surface area contributed by atoms with Crippen LogP contribution in [0.1, 0.15) is 20.3 Å². The molecule has 2 heterocycles. The van der Waals surface area contributed by atoms with Gasteiger partial charge in [0.2, 0.25) is 0 Å². The summed E-state index contributed by atoms with van der Waals surface area (Å²) < 4.78 is 5.06. The minimum Gasteiger partial charge on any atom is -0.394 e. The second-order valence-electron chi connectivity index (χ2n) is 5.68. The van der Waals surface area contributed by atoms with Crippen LogP contribution in [0.4, 0.5) is 11.5 Å². The van der Waals surface area contributed by atoms with Gasteiger partial charge in [-0.3, -0.25) is 0 Å². The Bertz CT molecular complexity index is 814. The molecule has 0 aliphatic rings. The van der Waals surface area contributed by atoms with E-state index in [2.05, 4.69) is 51.3 Å². The summed E-state index contributed by atoms with van der Waals surface area (Å²) in [4.78, 5) is 4.68. The van der Waals surface area contributed by atoms with Gasteiger partial charge in [0.25, 0.3) is 0 Å². The van der Waals surface area contributed by atoms with E-state index in [-0.39, 0.29) is 12.6 Å². The molecule has 0 aliphatic heterocycles. The van der Waals surface area contributed by atoms with Crippen molar-refractivity contribution in [3.8, 4) is 11.1 Å². The monoisotopic (exact) mass is 357 g/mol. The SMILES string of the molecule is CCSNc1ccc(-c2cnn3ccc(NC(CC)CO)nc23)cc1. The van der Waals surface area contributed by atoms with Crippen LogP contribution in [0.2, 0.25) is 0 Å². The molecule has 3 rings (SSSR count). The molecule has 0 spiro atoms. The van der Waals surface area contributed by atoms with Crippen LogP contribution in [0.3, 0.4) is 0 Å². The van der Waals surface area contributed by atoms with Crippen LogP contribution in [0.5, 0.6) is 0 Å². The second-order valence-corrected chi connectivity index (χ2v) is 6.75. The molecule has 132 valence electrons. The van der Waals surface area contributed by atoms with Crippen LogP contribution < -0.4 is 10.0 Å². The minimum absolute atomic E-state index is 0.00254. The molecule has 1 atom stereocenters. The maximum Gasteiger partial charge on any atom is 0.165 e. The first-order valence-electron chi connectivity index (χ1n) is 8.45. The Hall–Kier alpha value is -2.25. The number of benzene rings is 1. The van der Waals surface area contributed by atoms with Crippen LogP contribution in [0, 0.1) is 0 Å². The van der Waals surface area contributed by atoms with Crippen LogP contribution in [0.15, 0.2) is 42.7 Å². The first-order valence-corrected chi connectivity index (χ1v) is 9.43. The van der Waals surface area contributed by atoms with E-state index in [1.54, 1.807) is 16.5 Å². The second kappa shape index (κ2) is 8.22. The van der Waals surface area contributed by atoms with E-state index in [9.17, 15) is 5.11 Å². The zero-order valence-electron chi connectivity index (χ0n) is 14.4. The van der Waals surface area contributed by atoms with Crippen molar-refractivity contribution in [3.05, 3.63) is 42.7 Å². The number of nitrogens with one attached hydrogen (secondary N) is 2. The van der Waals surface area contributed by atoms with Gasteiger partial charge in [-0.2, -0.15) is 5.10 Å². The summed E-state index contributed by atoms with van der Waals surface area (Å²) >= 11 is 1.67. The van der Waals surface area contributed by atoms with Gasteiger partial charge in [0.05, 0.1) is 18.8 Å². The molecular formula is C18H23N5OS. The van der Waals surface area contributed by atoms with E-state index >= 15 is 0 Å². The highest BCUT2D eigenvalue weighted by Gasteiger charge is 2.11. The molecule has 1 aromatic carbocycles. The lowest BCUT2D eigenvalue weighted by Crippen LogP contribution is -2.23. The van der Waals surface area contributed by atoms with Crippen LogP contribution in [0.25, 0.3) is 16.8 Å². The Morgan fingerprint density at radius 3 is 2.68 bits per heavy atom. The van der Waals surface area contributed by atoms with Gasteiger partial charge in [-0.25, -0.2) is 9.50 Å². The summed E-state index contributed by atoms with van der Waals surface area (Å²) in [5, 5.41) is 17.0. The Kier molecular flexibility index (Phi) is 5.78. The zero-order chi connectivity index (χ0) is 17.6. The average molecular weight is 357 g/mol. The van der Waals surface area contributed by atoms with E-state index in [0.29, 0.717) is 0 Å². The molecule has 1 unspecified atom stereocenters. The fourth-order valence-corrected chi connectivity index (χ4v) is 2.96. The molecule has 0 radical (unpaired) electrons. The topological polar surface area (TPSA) is 74.5 Å². The maximum absolute atomic E-state index is 9.37. The Morgan fingerprint density at radius 2 is 2.00 bits per heavy atom. The van der Waals surface area contributed by atoms with Gasteiger partial charge in [-0.05, 0) is 30.2 Å². The summed E-state index contributed by atoms with van der Waals surface area (Å²) in [6.45, 7) is 4.23. The number of anilines is 2. The highest BCUT2D eigenvalue weighted by molar-refractivity contribution is 8.00. The standard InChI is InChI=1S/C18H23N5OS/c1-3-14(12-24)20-17-9-10-23-18(21-17)16(11-19-23)13-5-7-15(8-6-13)22-25-4-2/h5-11,14,22,24H,3-4,12H2,1-2H3,(H,20,21). The highest BCUT2D eigenvalue weighted by Crippen LogP contribution is 2.26. The van der Waals surface area contributed by atoms with Crippen molar-refractivity contribution in [2.24, 2.45) is 0 Å². The van der Waals surface area contributed by atoms with Crippen LogP contribution in [-0.4, -0.2) is 38.1 Å². The third kappa shape index (κ3) is 4.05. The van der Waals surface area contributed by atoms with Gasteiger partial charge < -0.3 is 15.1 Å². The molecule has 25 heavy (non-hydrogen) atoms. The van der Waals surface area contributed by atoms with E-state index < -0.39 is 0 Å². The lowest BCUT2D eigenvalue weighted by molar-refractivity contribution is 0.271. The minimum atomic E-state index is 0.00254. The van der Waals surface area contributed by atoms with Crippen molar-refractivity contribution < 1.29 is 5.11 Å². The summed E-state index contributed by atoms with van der Waals surface area (Å²) in [5.41, 5.74) is 3.92. The summed E-state index contributed by atoms with van der Waals surface area (Å²) in [6, 6.07) is 10.1. The molecule has 6 nitrogen and oxygen atoms in total. The maximum atomic E-state index is 9.37. The molecule has 3 aromatic rings. The fourth-order valence-electron chi connectivity index (χ4n) is 2.51. The number of nitrogens with zero attached hydrogens (tertiary/aromatic N) is 3. The van der Waals surface area contributed by atoms with Crippen molar-refractivity contribution in [2.75, 3.05) is 22.4 Å². The lowest BCUT2D eigenvalue weighted by Gasteiger charge is -2.14. The van der Waals surface area contributed by atoms with Gasteiger partial charge >= 0.3 is 0 Å². The molecule has 0 saturated heterocycles. The van der Waals surface area contributed by atoms with Gasteiger partial charge in [0.15, 0.2) is 5.65 Å². The molecule has 0 aliphatic carbocycles. The Labute approximate surface area is 151 Å². The van der Waals surface area contributed by atoms with Crippen molar-refractivity contribution >= 4 is 29.1 Å². The number of aliphatic hydroxyl groups is 1. The Balaban J connectivity index is 1.88. The van der Waals surface area contributed by atoms with Crippen molar-refractivity contribution in [3.63, 3.8) is 0 Å². The van der Waals surface area contributed by atoms with Crippen molar-refractivity contribution in [1.82, 2.24) is 14.6 Å². The summed E-state index contributed by atoms with van der Waals surface area (Å²) in [5.74, 6) is 1.76. The predicted molar refractivity (Wildman–Crippen MR) is 105 cm³/mol. The molecule has 2 aromatic heterocycles. The van der Waals surface area contributed by atoms with Crippen molar-refractivity contribution in [2.45, 2.75) is 26.3 Å². The summed E-state index contributed by atoms with van der Waals surface area (Å²) in [6.07, 6.45) is 4.55. The molecule has 0 saturated carbocycles. The number of hydrogen-bond donors (Lipinski definition) is 3. The molecular weight excluding hydrogens is 334 g/mol. The first-order chi connectivity index (χ1) is 12.2. The molecule has 7 heteroatoms.